The molecule has 0 fully saturated rings. The Morgan fingerprint density at radius 2 is 2.04 bits per heavy atom. The van der Waals surface area contributed by atoms with Gasteiger partial charge in [0, 0.05) is 18.8 Å². The third kappa shape index (κ3) is 4.55. The van der Waals surface area contributed by atoms with Gasteiger partial charge in [-0.25, -0.2) is 4.98 Å². The number of aromatic nitrogens is 1. The second-order valence-electron chi connectivity index (χ2n) is 6.10. The van der Waals surface area contributed by atoms with Crippen molar-refractivity contribution in [2.75, 3.05) is 23.3 Å². The molecule has 4 nitrogen and oxygen atoms in total. The summed E-state index contributed by atoms with van der Waals surface area (Å²) in [6.45, 7) is 9.79. The van der Waals surface area contributed by atoms with Crippen LogP contribution in [0.25, 0.3) is 0 Å². The summed E-state index contributed by atoms with van der Waals surface area (Å²) < 4.78 is 0. The SMILES string of the molecule is CCN(C(=O)c1ccc(NCC(C)C)cn1)c1cccc(C)c1. The Hall–Kier alpha value is -2.36. The summed E-state index contributed by atoms with van der Waals surface area (Å²) in [5.74, 6) is 0.488. The summed E-state index contributed by atoms with van der Waals surface area (Å²) in [4.78, 5) is 18.8. The lowest BCUT2D eigenvalue weighted by molar-refractivity contribution is 0.0983. The molecular weight excluding hydrogens is 286 g/mol. The van der Waals surface area contributed by atoms with Crippen molar-refractivity contribution in [3.8, 4) is 0 Å². The number of nitrogens with one attached hydrogen (secondary N) is 1. The maximum absolute atomic E-state index is 12.7. The normalized spacial score (nSPS) is 10.7. The molecule has 1 N–H and O–H groups in total. The number of amides is 1. The molecule has 0 unspecified atom stereocenters. The fraction of sp³-hybridized carbons (Fsp3) is 0.368. The minimum Gasteiger partial charge on any atom is -0.384 e. The summed E-state index contributed by atoms with van der Waals surface area (Å²) in [5.41, 5.74) is 3.44. The van der Waals surface area contributed by atoms with E-state index in [4.69, 9.17) is 0 Å². The van der Waals surface area contributed by atoms with Gasteiger partial charge in [-0.3, -0.25) is 4.79 Å². The van der Waals surface area contributed by atoms with Gasteiger partial charge in [0.05, 0.1) is 11.9 Å². The molecule has 0 bridgehead atoms. The first-order chi connectivity index (χ1) is 11.0. The van der Waals surface area contributed by atoms with Crippen molar-refractivity contribution in [1.29, 1.82) is 0 Å². The van der Waals surface area contributed by atoms with E-state index >= 15 is 0 Å². The van der Waals surface area contributed by atoms with E-state index in [-0.39, 0.29) is 5.91 Å². The second-order valence-corrected chi connectivity index (χ2v) is 6.10. The number of benzene rings is 1. The molecule has 0 atom stereocenters. The second kappa shape index (κ2) is 7.77. The van der Waals surface area contributed by atoms with Crippen LogP contribution in [0.2, 0.25) is 0 Å². The zero-order chi connectivity index (χ0) is 16.8. The number of carbonyl (C=O) groups is 1. The smallest absolute Gasteiger partial charge is 0.276 e. The van der Waals surface area contributed by atoms with Crippen molar-refractivity contribution >= 4 is 17.3 Å². The van der Waals surface area contributed by atoms with Crippen LogP contribution in [0.5, 0.6) is 0 Å². The maximum Gasteiger partial charge on any atom is 0.276 e. The third-order valence-electron chi connectivity index (χ3n) is 3.57. The van der Waals surface area contributed by atoms with Gasteiger partial charge in [0.1, 0.15) is 5.69 Å². The van der Waals surface area contributed by atoms with E-state index in [1.807, 2.05) is 44.2 Å². The van der Waals surface area contributed by atoms with Crippen LogP contribution < -0.4 is 10.2 Å². The number of hydrogen-bond donors (Lipinski definition) is 1. The fourth-order valence-corrected chi connectivity index (χ4v) is 2.32. The topological polar surface area (TPSA) is 45.2 Å². The predicted molar refractivity (Wildman–Crippen MR) is 96.1 cm³/mol. The fourth-order valence-electron chi connectivity index (χ4n) is 2.32. The zero-order valence-corrected chi connectivity index (χ0v) is 14.3. The molecule has 1 amide bonds. The average molecular weight is 311 g/mol. The predicted octanol–water partition coefficient (Wildman–Crippen LogP) is 4.12. The van der Waals surface area contributed by atoms with Crippen molar-refractivity contribution in [2.24, 2.45) is 5.92 Å². The van der Waals surface area contributed by atoms with Crippen molar-refractivity contribution in [3.05, 3.63) is 53.9 Å². The number of nitrogens with zero attached hydrogens (tertiary/aromatic N) is 2. The van der Waals surface area contributed by atoms with Crippen LogP contribution in [-0.4, -0.2) is 24.0 Å². The zero-order valence-electron chi connectivity index (χ0n) is 14.3. The standard InChI is InChI=1S/C19H25N3O/c1-5-22(17-8-6-7-15(4)11-17)19(23)18-10-9-16(13-21-18)20-12-14(2)3/h6-11,13-14,20H,5,12H2,1-4H3. The van der Waals surface area contributed by atoms with Crippen LogP contribution >= 0.6 is 0 Å². The molecule has 4 heteroatoms. The number of aryl methyl sites for hydroxylation is 1. The summed E-state index contributed by atoms with van der Waals surface area (Å²) >= 11 is 0. The molecule has 0 spiro atoms. The van der Waals surface area contributed by atoms with Crippen molar-refractivity contribution in [3.63, 3.8) is 0 Å². The van der Waals surface area contributed by atoms with Gasteiger partial charge < -0.3 is 10.2 Å². The van der Waals surface area contributed by atoms with Crippen molar-refractivity contribution in [2.45, 2.75) is 27.7 Å². The molecule has 2 aromatic rings. The van der Waals surface area contributed by atoms with Gasteiger partial charge in [0.2, 0.25) is 0 Å². The van der Waals surface area contributed by atoms with E-state index < -0.39 is 0 Å². The van der Waals surface area contributed by atoms with E-state index in [1.165, 1.54) is 0 Å². The van der Waals surface area contributed by atoms with Crippen LogP contribution in [0.15, 0.2) is 42.6 Å². The lowest BCUT2D eigenvalue weighted by Crippen LogP contribution is -2.31. The monoisotopic (exact) mass is 311 g/mol. The Balaban J connectivity index is 2.14. The van der Waals surface area contributed by atoms with Gasteiger partial charge in [0.15, 0.2) is 0 Å². The van der Waals surface area contributed by atoms with Crippen LogP contribution in [-0.2, 0) is 0 Å². The highest BCUT2D eigenvalue weighted by Gasteiger charge is 2.17. The Labute approximate surface area is 138 Å². The number of rotatable bonds is 6. The summed E-state index contributed by atoms with van der Waals surface area (Å²) in [6, 6.07) is 11.6. The molecule has 0 saturated carbocycles. The van der Waals surface area contributed by atoms with Crippen LogP contribution in [0.1, 0.15) is 36.8 Å². The first-order valence-electron chi connectivity index (χ1n) is 8.09. The van der Waals surface area contributed by atoms with Gasteiger partial charge in [-0.2, -0.15) is 0 Å². The van der Waals surface area contributed by atoms with E-state index in [2.05, 4.69) is 24.1 Å². The average Bonchev–Trinajstić information content (AvgIpc) is 2.54. The molecule has 0 aliphatic heterocycles. The van der Waals surface area contributed by atoms with E-state index in [0.29, 0.717) is 18.2 Å². The molecule has 1 heterocycles. The Morgan fingerprint density at radius 1 is 1.26 bits per heavy atom. The maximum atomic E-state index is 12.7. The highest BCUT2D eigenvalue weighted by Crippen LogP contribution is 2.18. The molecule has 0 aliphatic carbocycles. The molecule has 0 radical (unpaired) electrons. The highest BCUT2D eigenvalue weighted by atomic mass is 16.2. The lowest BCUT2D eigenvalue weighted by Gasteiger charge is -2.21. The van der Waals surface area contributed by atoms with Crippen LogP contribution in [0.4, 0.5) is 11.4 Å². The molecule has 0 saturated heterocycles. The van der Waals surface area contributed by atoms with Gasteiger partial charge in [-0.05, 0) is 49.6 Å². The first-order valence-corrected chi connectivity index (χ1v) is 8.09. The van der Waals surface area contributed by atoms with Gasteiger partial charge in [-0.15, -0.1) is 0 Å². The number of anilines is 2. The Bertz CT molecular complexity index is 650. The molecule has 1 aromatic heterocycles. The quantitative estimate of drug-likeness (QED) is 0.872. The van der Waals surface area contributed by atoms with Crippen LogP contribution in [0.3, 0.4) is 0 Å². The minimum absolute atomic E-state index is 0.0755. The van der Waals surface area contributed by atoms with Crippen molar-refractivity contribution in [1.82, 2.24) is 4.98 Å². The van der Waals surface area contributed by atoms with Gasteiger partial charge in [0.25, 0.3) is 5.91 Å². The van der Waals surface area contributed by atoms with Gasteiger partial charge >= 0.3 is 0 Å². The number of pyridine rings is 1. The third-order valence-corrected chi connectivity index (χ3v) is 3.57. The van der Waals surface area contributed by atoms with Gasteiger partial charge in [-0.1, -0.05) is 26.0 Å². The number of carbonyl (C=O) groups excluding carboxylic acids is 1. The Morgan fingerprint density at radius 3 is 2.61 bits per heavy atom. The van der Waals surface area contributed by atoms with E-state index in [0.717, 1.165) is 23.5 Å². The molecule has 1 aromatic carbocycles. The molecule has 2 rings (SSSR count). The lowest BCUT2D eigenvalue weighted by atomic mass is 10.2. The molecule has 122 valence electrons. The van der Waals surface area contributed by atoms with E-state index in [1.54, 1.807) is 17.2 Å². The largest absolute Gasteiger partial charge is 0.384 e. The number of hydrogen-bond acceptors (Lipinski definition) is 3. The first kappa shape index (κ1) is 17.0. The molecule has 23 heavy (non-hydrogen) atoms. The summed E-state index contributed by atoms with van der Waals surface area (Å²) in [6.07, 6.45) is 1.72. The summed E-state index contributed by atoms with van der Waals surface area (Å²) in [5, 5.41) is 3.31. The van der Waals surface area contributed by atoms with Crippen LogP contribution in [0, 0.1) is 12.8 Å². The minimum atomic E-state index is -0.0755. The molecular formula is C19H25N3O. The molecule has 0 aliphatic rings. The highest BCUT2D eigenvalue weighted by molar-refractivity contribution is 6.04. The summed E-state index contributed by atoms with van der Waals surface area (Å²) in [7, 11) is 0. The van der Waals surface area contributed by atoms with E-state index in [9.17, 15) is 4.79 Å². The van der Waals surface area contributed by atoms with Crippen molar-refractivity contribution < 1.29 is 4.79 Å². The Kier molecular flexibility index (Phi) is 5.74.